The Kier molecular flexibility index (Phi) is 5.50. The maximum atomic E-state index is 6.47. The van der Waals surface area contributed by atoms with Gasteiger partial charge in [-0.05, 0) is 45.6 Å². The van der Waals surface area contributed by atoms with Gasteiger partial charge in [0.1, 0.15) is 11.4 Å². The van der Waals surface area contributed by atoms with Crippen LogP contribution in [0.3, 0.4) is 0 Å². The third-order valence-corrected chi connectivity index (χ3v) is 5.53. The molecule has 4 rings (SSSR count). The van der Waals surface area contributed by atoms with Gasteiger partial charge in [0.2, 0.25) is 5.89 Å². The summed E-state index contributed by atoms with van der Waals surface area (Å²) in [6.45, 7) is 5.30. The smallest absolute Gasteiger partial charge is 0.228 e. The molecule has 28 heavy (non-hydrogen) atoms. The number of para-hydroxylation sites is 1. The zero-order valence-corrected chi connectivity index (χ0v) is 16.7. The van der Waals surface area contributed by atoms with Gasteiger partial charge in [-0.15, -0.1) is 0 Å². The summed E-state index contributed by atoms with van der Waals surface area (Å²) in [4.78, 5) is 8.97. The molecule has 2 aromatic rings. The number of hydrogen-bond donors (Lipinski definition) is 2. The minimum Gasteiger partial charge on any atom is -0.487 e. The molecule has 1 fully saturated rings. The van der Waals surface area contributed by atoms with E-state index in [1.807, 2.05) is 6.92 Å². The summed E-state index contributed by atoms with van der Waals surface area (Å²) in [5.74, 6) is 3.10. The van der Waals surface area contributed by atoms with E-state index in [1.54, 1.807) is 0 Å². The van der Waals surface area contributed by atoms with Gasteiger partial charge in [0.25, 0.3) is 0 Å². The second kappa shape index (κ2) is 8.20. The summed E-state index contributed by atoms with van der Waals surface area (Å²) in [6.07, 6.45) is 6.34. The van der Waals surface area contributed by atoms with Gasteiger partial charge in [0.15, 0.2) is 11.8 Å². The maximum absolute atomic E-state index is 6.47. The standard InChI is InChI=1S/C21H29N5O2/c1-3-22-20(23-13-10-19-24-15(2)26-28-19)25-17-14-21(11-6-7-12-21)27-18-9-5-4-8-16(17)18/h4-5,8-9,17H,3,6-7,10-14H2,1-2H3,(H2,22,23,25). The van der Waals surface area contributed by atoms with Crippen molar-refractivity contribution < 1.29 is 9.26 Å². The largest absolute Gasteiger partial charge is 0.487 e. The van der Waals surface area contributed by atoms with Crippen LogP contribution in [-0.4, -0.2) is 34.8 Å². The minimum atomic E-state index is -0.0371. The van der Waals surface area contributed by atoms with Crippen LogP contribution in [0.25, 0.3) is 0 Å². The van der Waals surface area contributed by atoms with Crippen LogP contribution in [0, 0.1) is 6.92 Å². The van der Waals surface area contributed by atoms with Gasteiger partial charge >= 0.3 is 0 Å². The molecule has 2 N–H and O–H groups in total. The van der Waals surface area contributed by atoms with Crippen molar-refractivity contribution in [2.24, 2.45) is 4.99 Å². The van der Waals surface area contributed by atoms with E-state index in [2.05, 4.69) is 52.0 Å². The molecular weight excluding hydrogens is 354 g/mol. The normalized spacial score (nSPS) is 20.6. The lowest BCUT2D eigenvalue weighted by Gasteiger charge is -2.40. The zero-order chi connectivity index (χ0) is 19.4. The van der Waals surface area contributed by atoms with Crippen LogP contribution in [0.2, 0.25) is 0 Å². The van der Waals surface area contributed by atoms with Crippen molar-refractivity contribution in [2.75, 3.05) is 13.1 Å². The fraction of sp³-hybridized carbons (Fsp3) is 0.571. The van der Waals surface area contributed by atoms with E-state index in [-0.39, 0.29) is 11.6 Å². The quantitative estimate of drug-likeness (QED) is 0.609. The first-order valence-corrected chi connectivity index (χ1v) is 10.3. The van der Waals surface area contributed by atoms with Gasteiger partial charge in [0.05, 0.1) is 12.6 Å². The molecule has 1 saturated carbocycles. The third kappa shape index (κ3) is 4.13. The maximum Gasteiger partial charge on any atom is 0.228 e. The summed E-state index contributed by atoms with van der Waals surface area (Å²) in [6, 6.07) is 8.55. The summed E-state index contributed by atoms with van der Waals surface area (Å²) in [7, 11) is 0. The SMILES string of the molecule is CCNC(=NCCc1nc(C)no1)NC1CC2(CCCC2)Oc2ccccc21. The molecular formula is C21H29N5O2. The Bertz CT molecular complexity index is 826. The van der Waals surface area contributed by atoms with Crippen molar-refractivity contribution in [3.63, 3.8) is 0 Å². The fourth-order valence-corrected chi connectivity index (χ4v) is 4.26. The summed E-state index contributed by atoms with van der Waals surface area (Å²) < 4.78 is 11.6. The molecule has 1 aliphatic heterocycles. The van der Waals surface area contributed by atoms with Crippen molar-refractivity contribution in [3.05, 3.63) is 41.5 Å². The molecule has 2 heterocycles. The Labute approximate surface area is 166 Å². The molecule has 7 nitrogen and oxygen atoms in total. The van der Waals surface area contributed by atoms with Gasteiger partial charge < -0.3 is 19.9 Å². The lowest BCUT2D eigenvalue weighted by molar-refractivity contribution is 0.0396. The number of nitrogens with zero attached hydrogens (tertiary/aromatic N) is 3. The van der Waals surface area contributed by atoms with Crippen LogP contribution < -0.4 is 15.4 Å². The first-order chi connectivity index (χ1) is 13.7. The van der Waals surface area contributed by atoms with Crippen LogP contribution in [0.1, 0.15) is 62.3 Å². The number of aromatic nitrogens is 2. The molecule has 1 atom stereocenters. The van der Waals surface area contributed by atoms with Gasteiger partial charge in [0, 0.05) is 24.9 Å². The fourth-order valence-electron chi connectivity index (χ4n) is 4.26. The molecule has 150 valence electrons. The first-order valence-electron chi connectivity index (χ1n) is 10.3. The van der Waals surface area contributed by atoms with Crippen molar-refractivity contribution in [3.8, 4) is 5.75 Å². The van der Waals surface area contributed by atoms with E-state index in [4.69, 9.17) is 14.3 Å². The number of aliphatic imine (C=N–C) groups is 1. The van der Waals surface area contributed by atoms with E-state index in [0.717, 1.165) is 37.5 Å². The highest BCUT2D eigenvalue weighted by Gasteiger charge is 2.43. The van der Waals surface area contributed by atoms with Crippen molar-refractivity contribution in [2.45, 2.75) is 64.0 Å². The molecule has 2 aliphatic rings. The molecule has 1 spiro atoms. The van der Waals surface area contributed by atoms with Crippen LogP contribution >= 0.6 is 0 Å². The highest BCUT2D eigenvalue weighted by atomic mass is 16.5. The number of ether oxygens (including phenoxy) is 1. The molecule has 1 aliphatic carbocycles. The van der Waals surface area contributed by atoms with Crippen LogP contribution in [0.15, 0.2) is 33.8 Å². The summed E-state index contributed by atoms with van der Waals surface area (Å²) in [5, 5.41) is 10.8. The Balaban J connectivity index is 1.49. The molecule has 0 amide bonds. The average Bonchev–Trinajstić information content (AvgIpc) is 3.31. The lowest BCUT2D eigenvalue weighted by atomic mass is 9.86. The highest BCUT2D eigenvalue weighted by Crippen LogP contribution is 2.46. The monoisotopic (exact) mass is 383 g/mol. The zero-order valence-electron chi connectivity index (χ0n) is 16.7. The van der Waals surface area contributed by atoms with Crippen LogP contribution in [0.5, 0.6) is 5.75 Å². The Morgan fingerprint density at radius 3 is 2.86 bits per heavy atom. The topological polar surface area (TPSA) is 84.6 Å². The summed E-state index contributed by atoms with van der Waals surface area (Å²) >= 11 is 0. The van der Waals surface area contributed by atoms with E-state index in [0.29, 0.717) is 24.7 Å². The Morgan fingerprint density at radius 1 is 1.29 bits per heavy atom. The molecule has 1 unspecified atom stereocenters. The van der Waals surface area contributed by atoms with Gasteiger partial charge in [-0.1, -0.05) is 23.4 Å². The number of guanidine groups is 1. The molecule has 1 aromatic heterocycles. The minimum absolute atomic E-state index is 0.0371. The number of aryl methyl sites for hydroxylation is 1. The predicted octanol–water partition coefficient (Wildman–Crippen LogP) is 3.31. The Hall–Kier alpha value is -2.57. The van der Waals surface area contributed by atoms with Crippen LogP contribution in [0.4, 0.5) is 0 Å². The molecule has 1 aromatic carbocycles. The molecule has 7 heteroatoms. The summed E-state index contributed by atoms with van der Waals surface area (Å²) in [5.41, 5.74) is 1.17. The lowest BCUT2D eigenvalue weighted by Crippen LogP contribution is -2.46. The van der Waals surface area contributed by atoms with E-state index >= 15 is 0 Å². The number of rotatable bonds is 5. The average molecular weight is 383 g/mol. The highest BCUT2D eigenvalue weighted by molar-refractivity contribution is 5.80. The van der Waals surface area contributed by atoms with Gasteiger partial charge in [-0.25, -0.2) is 0 Å². The van der Waals surface area contributed by atoms with E-state index in [1.165, 1.54) is 18.4 Å². The number of nitrogens with one attached hydrogen (secondary N) is 2. The molecule has 0 saturated heterocycles. The number of fused-ring (bicyclic) bond motifs is 1. The number of benzene rings is 1. The van der Waals surface area contributed by atoms with E-state index in [9.17, 15) is 0 Å². The van der Waals surface area contributed by atoms with Crippen LogP contribution in [-0.2, 0) is 6.42 Å². The second-order valence-corrected chi connectivity index (χ2v) is 7.68. The first kappa shape index (κ1) is 18.8. The van der Waals surface area contributed by atoms with Crippen molar-refractivity contribution in [1.29, 1.82) is 0 Å². The van der Waals surface area contributed by atoms with Gasteiger partial charge in [-0.3, -0.25) is 4.99 Å². The third-order valence-electron chi connectivity index (χ3n) is 5.53. The molecule has 0 radical (unpaired) electrons. The predicted molar refractivity (Wildman–Crippen MR) is 107 cm³/mol. The van der Waals surface area contributed by atoms with E-state index < -0.39 is 0 Å². The Morgan fingerprint density at radius 2 is 2.11 bits per heavy atom. The molecule has 0 bridgehead atoms. The second-order valence-electron chi connectivity index (χ2n) is 7.68. The van der Waals surface area contributed by atoms with Gasteiger partial charge in [-0.2, -0.15) is 4.98 Å². The van der Waals surface area contributed by atoms with Crippen molar-refractivity contribution >= 4 is 5.96 Å². The van der Waals surface area contributed by atoms with Crippen molar-refractivity contribution in [1.82, 2.24) is 20.8 Å². The number of hydrogen-bond acceptors (Lipinski definition) is 5.